The lowest BCUT2D eigenvalue weighted by molar-refractivity contribution is -0.151. The largest absolute Gasteiger partial charge is 0.461 e. The molecule has 0 aliphatic carbocycles. The lowest BCUT2D eigenvalue weighted by Crippen LogP contribution is -2.40. The SMILES string of the molecule is C=CCOC(=O)C(C(C)=O)[C@@H](NC(=O)OC)c1cccc(C)c1. The minimum absolute atomic E-state index is 0.0125. The molecule has 1 aromatic carbocycles. The Labute approximate surface area is 135 Å². The van der Waals surface area contributed by atoms with Crippen molar-refractivity contribution >= 4 is 17.8 Å². The molecule has 1 aromatic rings. The number of hydrogen-bond donors (Lipinski definition) is 1. The second-order valence-electron chi connectivity index (χ2n) is 5.03. The molecular formula is C17H21NO5. The van der Waals surface area contributed by atoms with Gasteiger partial charge in [0.2, 0.25) is 0 Å². The molecule has 0 heterocycles. The summed E-state index contributed by atoms with van der Waals surface area (Å²) in [6.45, 7) is 6.60. The van der Waals surface area contributed by atoms with Crippen molar-refractivity contribution in [3.8, 4) is 0 Å². The van der Waals surface area contributed by atoms with E-state index in [0.717, 1.165) is 5.56 Å². The summed E-state index contributed by atoms with van der Waals surface area (Å²) in [4.78, 5) is 35.9. The van der Waals surface area contributed by atoms with Crippen LogP contribution in [-0.4, -0.2) is 31.6 Å². The minimum Gasteiger partial charge on any atom is -0.461 e. The highest BCUT2D eigenvalue weighted by Crippen LogP contribution is 2.25. The van der Waals surface area contributed by atoms with Crippen LogP contribution in [0, 0.1) is 12.8 Å². The van der Waals surface area contributed by atoms with Crippen LogP contribution >= 0.6 is 0 Å². The first-order valence-electron chi connectivity index (χ1n) is 7.09. The monoisotopic (exact) mass is 319 g/mol. The fourth-order valence-electron chi connectivity index (χ4n) is 2.18. The van der Waals surface area contributed by atoms with E-state index in [-0.39, 0.29) is 6.61 Å². The third-order valence-corrected chi connectivity index (χ3v) is 3.23. The van der Waals surface area contributed by atoms with Crippen molar-refractivity contribution in [2.45, 2.75) is 19.9 Å². The van der Waals surface area contributed by atoms with Crippen molar-refractivity contribution < 1.29 is 23.9 Å². The number of benzene rings is 1. The summed E-state index contributed by atoms with van der Waals surface area (Å²) in [5, 5.41) is 2.54. The number of aryl methyl sites for hydroxylation is 1. The van der Waals surface area contributed by atoms with Crippen LogP contribution in [0.2, 0.25) is 0 Å². The predicted molar refractivity (Wildman–Crippen MR) is 84.8 cm³/mol. The first-order chi connectivity index (χ1) is 10.9. The number of ketones is 1. The maximum atomic E-state index is 12.2. The van der Waals surface area contributed by atoms with Gasteiger partial charge in [0, 0.05) is 0 Å². The molecule has 0 saturated carbocycles. The van der Waals surface area contributed by atoms with Gasteiger partial charge < -0.3 is 14.8 Å². The van der Waals surface area contributed by atoms with E-state index in [2.05, 4.69) is 16.6 Å². The van der Waals surface area contributed by atoms with Crippen LogP contribution in [0.15, 0.2) is 36.9 Å². The van der Waals surface area contributed by atoms with Gasteiger partial charge in [-0.3, -0.25) is 9.59 Å². The Morgan fingerprint density at radius 3 is 2.57 bits per heavy atom. The zero-order valence-electron chi connectivity index (χ0n) is 13.5. The van der Waals surface area contributed by atoms with Crippen LogP contribution in [-0.2, 0) is 19.1 Å². The molecule has 23 heavy (non-hydrogen) atoms. The molecule has 1 N–H and O–H groups in total. The average Bonchev–Trinajstić information content (AvgIpc) is 2.51. The Morgan fingerprint density at radius 1 is 1.35 bits per heavy atom. The van der Waals surface area contributed by atoms with Gasteiger partial charge in [-0.05, 0) is 19.4 Å². The van der Waals surface area contributed by atoms with E-state index in [0.29, 0.717) is 5.56 Å². The maximum absolute atomic E-state index is 12.2. The van der Waals surface area contributed by atoms with Crippen LogP contribution in [0.1, 0.15) is 24.1 Å². The average molecular weight is 319 g/mol. The van der Waals surface area contributed by atoms with Gasteiger partial charge in [0.25, 0.3) is 0 Å². The number of hydrogen-bond acceptors (Lipinski definition) is 5. The Bertz CT molecular complexity index is 596. The van der Waals surface area contributed by atoms with Crippen LogP contribution in [0.3, 0.4) is 0 Å². The summed E-state index contributed by atoms with van der Waals surface area (Å²) in [6, 6.07) is 6.29. The molecule has 0 saturated heterocycles. The first kappa shape index (κ1) is 18.4. The molecule has 0 aromatic heterocycles. The standard InChI is InChI=1S/C17H21NO5/c1-5-9-23-16(20)14(12(3)19)15(18-17(21)22-4)13-8-6-7-11(2)10-13/h5-8,10,14-15H,1,9H2,2-4H3,(H,18,21)/t14?,15-/m0/s1. The number of methoxy groups -OCH3 is 1. The quantitative estimate of drug-likeness (QED) is 0.474. The summed E-state index contributed by atoms with van der Waals surface area (Å²) in [7, 11) is 1.21. The minimum atomic E-state index is -1.17. The predicted octanol–water partition coefficient (Wildman–Crippen LogP) is 2.33. The number of carbonyl (C=O) groups is 3. The summed E-state index contributed by atoms with van der Waals surface area (Å²) in [5.74, 6) is -2.31. The highest BCUT2D eigenvalue weighted by molar-refractivity contribution is 5.99. The molecule has 0 aliphatic heterocycles. The summed E-state index contributed by atoms with van der Waals surface area (Å²) >= 11 is 0. The van der Waals surface area contributed by atoms with Crippen molar-refractivity contribution in [1.82, 2.24) is 5.32 Å². The maximum Gasteiger partial charge on any atom is 0.407 e. The molecule has 0 bridgehead atoms. The molecule has 1 unspecified atom stereocenters. The Morgan fingerprint density at radius 2 is 2.04 bits per heavy atom. The lowest BCUT2D eigenvalue weighted by Gasteiger charge is -2.25. The molecule has 1 amide bonds. The van der Waals surface area contributed by atoms with Gasteiger partial charge in [-0.2, -0.15) is 0 Å². The number of amides is 1. The van der Waals surface area contributed by atoms with Crippen molar-refractivity contribution in [3.05, 3.63) is 48.0 Å². The van der Waals surface area contributed by atoms with Crippen molar-refractivity contribution in [3.63, 3.8) is 0 Å². The van der Waals surface area contributed by atoms with E-state index < -0.39 is 29.8 Å². The van der Waals surface area contributed by atoms with Gasteiger partial charge in [0.15, 0.2) is 0 Å². The van der Waals surface area contributed by atoms with Crippen molar-refractivity contribution in [1.29, 1.82) is 0 Å². The molecule has 2 atom stereocenters. The van der Waals surface area contributed by atoms with Crippen LogP contribution in [0.4, 0.5) is 4.79 Å². The fourth-order valence-corrected chi connectivity index (χ4v) is 2.18. The van der Waals surface area contributed by atoms with E-state index in [1.54, 1.807) is 18.2 Å². The third-order valence-electron chi connectivity index (χ3n) is 3.23. The van der Waals surface area contributed by atoms with E-state index in [1.165, 1.54) is 20.1 Å². The van der Waals surface area contributed by atoms with Crippen LogP contribution < -0.4 is 5.32 Å². The summed E-state index contributed by atoms with van der Waals surface area (Å²) in [5.41, 5.74) is 1.55. The zero-order valence-corrected chi connectivity index (χ0v) is 13.5. The van der Waals surface area contributed by atoms with Crippen LogP contribution in [0.5, 0.6) is 0 Å². The molecule has 6 nitrogen and oxygen atoms in total. The van der Waals surface area contributed by atoms with Gasteiger partial charge in [-0.15, -0.1) is 0 Å². The third kappa shape index (κ3) is 5.25. The topological polar surface area (TPSA) is 81.7 Å². The number of carbonyl (C=O) groups excluding carboxylic acids is 3. The highest BCUT2D eigenvalue weighted by atomic mass is 16.5. The fraction of sp³-hybridized carbons (Fsp3) is 0.353. The van der Waals surface area contributed by atoms with Gasteiger partial charge in [0.1, 0.15) is 18.3 Å². The van der Waals surface area contributed by atoms with Gasteiger partial charge in [-0.25, -0.2) is 4.79 Å². The van der Waals surface area contributed by atoms with Gasteiger partial charge >= 0.3 is 12.1 Å². The molecule has 0 radical (unpaired) electrons. The second-order valence-corrected chi connectivity index (χ2v) is 5.03. The number of esters is 1. The van der Waals surface area contributed by atoms with E-state index in [4.69, 9.17) is 4.74 Å². The smallest absolute Gasteiger partial charge is 0.407 e. The number of alkyl carbamates (subject to hydrolysis) is 1. The van der Waals surface area contributed by atoms with Crippen LogP contribution in [0.25, 0.3) is 0 Å². The van der Waals surface area contributed by atoms with E-state index >= 15 is 0 Å². The van der Waals surface area contributed by atoms with Gasteiger partial charge in [-0.1, -0.05) is 42.5 Å². The Balaban J connectivity index is 3.22. The molecule has 124 valence electrons. The molecule has 6 heteroatoms. The molecule has 1 rings (SSSR count). The number of nitrogens with one attached hydrogen (secondary N) is 1. The number of rotatable bonds is 7. The number of ether oxygens (including phenoxy) is 2. The van der Waals surface area contributed by atoms with Gasteiger partial charge in [0.05, 0.1) is 13.2 Å². The van der Waals surface area contributed by atoms with E-state index in [9.17, 15) is 14.4 Å². The summed E-state index contributed by atoms with van der Waals surface area (Å²) < 4.78 is 9.59. The molecule has 0 aliphatic rings. The first-order valence-corrected chi connectivity index (χ1v) is 7.09. The lowest BCUT2D eigenvalue weighted by atomic mass is 9.89. The van der Waals surface area contributed by atoms with E-state index in [1.807, 2.05) is 13.0 Å². The summed E-state index contributed by atoms with van der Waals surface area (Å²) in [6.07, 6.45) is 0.670. The molecule has 0 fully saturated rings. The van der Waals surface area contributed by atoms with Crippen molar-refractivity contribution in [2.75, 3.05) is 13.7 Å². The zero-order chi connectivity index (χ0) is 17.4. The highest BCUT2D eigenvalue weighted by Gasteiger charge is 2.36. The normalized spacial score (nSPS) is 12.7. The second kappa shape index (κ2) is 8.73. The van der Waals surface area contributed by atoms with Crippen molar-refractivity contribution in [2.24, 2.45) is 5.92 Å². The molecule has 0 spiro atoms. The number of Topliss-reactive ketones (excluding diaryl/α,β-unsaturated/α-hetero) is 1. The Kier molecular flexibility index (Phi) is 6.99. The Hall–Kier alpha value is -2.63. The molecular weight excluding hydrogens is 298 g/mol.